The Bertz CT molecular complexity index is 1430. The highest BCUT2D eigenvalue weighted by Gasteiger charge is 2.35. The third-order valence-electron chi connectivity index (χ3n) is 6.09. The van der Waals surface area contributed by atoms with Gasteiger partial charge in [0.25, 0.3) is 10.0 Å². The molecule has 40 heavy (non-hydrogen) atoms. The molecule has 0 saturated carbocycles. The third-order valence-corrected chi connectivity index (χ3v) is 7.87. The largest absolute Gasteiger partial charge is 0.416 e. The third kappa shape index (κ3) is 7.38. The Kier molecular flexibility index (Phi) is 9.91. The Morgan fingerprint density at radius 2 is 1.60 bits per heavy atom. The normalized spacial score (nSPS) is 12.4. The van der Waals surface area contributed by atoms with Gasteiger partial charge >= 0.3 is 6.18 Å². The predicted molar refractivity (Wildman–Crippen MR) is 142 cm³/mol. The summed E-state index contributed by atoms with van der Waals surface area (Å²) in [5.41, 5.74) is -1.44. The molecule has 0 saturated heterocycles. The van der Waals surface area contributed by atoms with E-state index in [2.05, 4.69) is 5.32 Å². The van der Waals surface area contributed by atoms with Gasteiger partial charge in [-0.3, -0.25) is 13.9 Å². The molecule has 3 rings (SSSR count). The summed E-state index contributed by atoms with van der Waals surface area (Å²) in [6.45, 7) is 2.22. The van der Waals surface area contributed by atoms with Gasteiger partial charge in [-0.25, -0.2) is 12.8 Å². The number of hydrogen-bond donors (Lipinski definition) is 1. The van der Waals surface area contributed by atoms with Crippen molar-refractivity contribution in [3.05, 3.63) is 95.8 Å². The summed E-state index contributed by atoms with van der Waals surface area (Å²) in [7, 11) is -4.54. The van der Waals surface area contributed by atoms with Crippen LogP contribution < -0.4 is 9.62 Å². The minimum absolute atomic E-state index is 0.0718. The van der Waals surface area contributed by atoms with E-state index in [0.717, 1.165) is 23.1 Å². The summed E-state index contributed by atoms with van der Waals surface area (Å²) in [6, 6.07) is 14.9. The Balaban J connectivity index is 2.08. The first-order valence-corrected chi connectivity index (χ1v) is 13.9. The lowest BCUT2D eigenvalue weighted by molar-refractivity contribution is -0.139. The monoisotopic (exact) mass is 579 g/mol. The molecule has 3 aromatic rings. The zero-order valence-electron chi connectivity index (χ0n) is 21.9. The summed E-state index contributed by atoms with van der Waals surface area (Å²) < 4.78 is 82.9. The quantitative estimate of drug-likeness (QED) is 0.325. The van der Waals surface area contributed by atoms with Crippen LogP contribution in [0.3, 0.4) is 0 Å². The van der Waals surface area contributed by atoms with Crippen molar-refractivity contribution in [2.24, 2.45) is 0 Å². The fraction of sp³-hybridized carbons (Fsp3) is 0.286. The van der Waals surface area contributed by atoms with Gasteiger partial charge in [0.05, 0.1) is 16.1 Å². The SMILES string of the molecule is CCCNC(=O)[C@@H](C)N(Cc1ccccc1F)C(=O)CN(c1cccc(C(F)(F)F)c1)S(=O)(=O)c1ccccc1. The van der Waals surface area contributed by atoms with E-state index in [9.17, 15) is 35.6 Å². The van der Waals surface area contributed by atoms with Gasteiger partial charge in [-0.1, -0.05) is 49.4 Å². The lowest BCUT2D eigenvalue weighted by Crippen LogP contribution is -2.51. The summed E-state index contributed by atoms with van der Waals surface area (Å²) in [6.07, 6.45) is -4.16. The fourth-order valence-electron chi connectivity index (χ4n) is 3.87. The predicted octanol–water partition coefficient (Wildman–Crippen LogP) is 4.98. The molecular weight excluding hydrogens is 550 g/mol. The van der Waals surface area contributed by atoms with E-state index in [1.165, 1.54) is 55.5 Å². The first-order valence-electron chi connectivity index (χ1n) is 12.4. The van der Waals surface area contributed by atoms with Crippen molar-refractivity contribution in [3.8, 4) is 0 Å². The van der Waals surface area contributed by atoms with Crippen LogP contribution in [0.4, 0.5) is 23.2 Å². The summed E-state index contributed by atoms with van der Waals surface area (Å²) in [5, 5.41) is 2.65. The molecule has 214 valence electrons. The van der Waals surface area contributed by atoms with Crippen LogP contribution in [0.15, 0.2) is 83.8 Å². The van der Waals surface area contributed by atoms with E-state index >= 15 is 0 Å². The topological polar surface area (TPSA) is 86.8 Å². The molecule has 0 aliphatic carbocycles. The highest BCUT2D eigenvalue weighted by molar-refractivity contribution is 7.92. The van der Waals surface area contributed by atoms with Crippen molar-refractivity contribution in [3.63, 3.8) is 0 Å². The maximum Gasteiger partial charge on any atom is 0.416 e. The van der Waals surface area contributed by atoms with Crippen molar-refractivity contribution < 1.29 is 35.6 Å². The number of carbonyl (C=O) groups excluding carboxylic acids is 2. The highest BCUT2D eigenvalue weighted by atomic mass is 32.2. The average Bonchev–Trinajstić information content (AvgIpc) is 2.93. The molecule has 0 bridgehead atoms. The van der Waals surface area contributed by atoms with Crippen LogP contribution in [0.5, 0.6) is 0 Å². The summed E-state index contributed by atoms with van der Waals surface area (Å²) >= 11 is 0. The smallest absolute Gasteiger partial charge is 0.354 e. The Labute approximate surface area is 230 Å². The molecule has 0 fully saturated rings. The molecule has 2 amide bonds. The van der Waals surface area contributed by atoms with Gasteiger partial charge in [0.2, 0.25) is 11.8 Å². The second-order valence-electron chi connectivity index (χ2n) is 8.95. The molecule has 12 heteroatoms. The average molecular weight is 580 g/mol. The standard InChI is InChI=1S/C28H29F4N3O4S/c1-3-16-33-27(37)20(2)34(18-21-10-7-8-15-25(21)29)26(36)19-35(40(38,39)24-13-5-4-6-14-24)23-12-9-11-22(17-23)28(30,31)32/h4-15,17,20H,3,16,18-19H2,1-2H3,(H,33,37)/t20-/m1/s1. The minimum Gasteiger partial charge on any atom is -0.354 e. The van der Waals surface area contributed by atoms with Gasteiger partial charge < -0.3 is 10.2 Å². The number of halogens is 4. The first-order chi connectivity index (χ1) is 18.9. The van der Waals surface area contributed by atoms with Crippen LogP contribution in [0.25, 0.3) is 0 Å². The van der Waals surface area contributed by atoms with Crippen LogP contribution in [0.2, 0.25) is 0 Å². The van der Waals surface area contributed by atoms with Crippen molar-refractivity contribution in [1.82, 2.24) is 10.2 Å². The number of nitrogens with zero attached hydrogens (tertiary/aromatic N) is 2. The summed E-state index contributed by atoms with van der Waals surface area (Å²) in [5.74, 6) is -2.12. The lowest BCUT2D eigenvalue weighted by atomic mass is 10.1. The summed E-state index contributed by atoms with van der Waals surface area (Å²) in [4.78, 5) is 27.3. The van der Waals surface area contributed by atoms with E-state index in [4.69, 9.17) is 0 Å². The van der Waals surface area contributed by atoms with Crippen LogP contribution >= 0.6 is 0 Å². The number of hydrogen-bond acceptors (Lipinski definition) is 4. The Morgan fingerprint density at radius 3 is 2.23 bits per heavy atom. The number of alkyl halides is 3. The first kappa shape index (κ1) is 30.6. The van der Waals surface area contributed by atoms with E-state index < -0.39 is 57.7 Å². The fourth-order valence-corrected chi connectivity index (χ4v) is 5.30. The van der Waals surface area contributed by atoms with Gasteiger partial charge in [0.15, 0.2) is 0 Å². The number of anilines is 1. The molecule has 7 nitrogen and oxygen atoms in total. The molecule has 1 atom stereocenters. The minimum atomic E-state index is -4.77. The van der Waals surface area contributed by atoms with Crippen molar-refractivity contribution in [2.45, 2.75) is 43.9 Å². The molecule has 3 aromatic carbocycles. The molecule has 0 radical (unpaired) electrons. The number of sulfonamides is 1. The van der Waals surface area contributed by atoms with E-state index in [1.54, 1.807) is 6.07 Å². The van der Waals surface area contributed by atoms with Gasteiger partial charge in [0, 0.05) is 18.7 Å². The molecule has 0 spiro atoms. The zero-order chi connectivity index (χ0) is 29.5. The number of nitrogens with one attached hydrogen (secondary N) is 1. The number of carbonyl (C=O) groups is 2. The molecule has 1 N–H and O–H groups in total. The lowest BCUT2D eigenvalue weighted by Gasteiger charge is -2.32. The number of amides is 2. The molecule has 0 aliphatic heterocycles. The Morgan fingerprint density at radius 1 is 0.950 bits per heavy atom. The number of rotatable bonds is 11. The Hall–Kier alpha value is -3.93. The van der Waals surface area contributed by atoms with Gasteiger partial charge in [0.1, 0.15) is 18.4 Å². The van der Waals surface area contributed by atoms with Crippen LogP contribution in [0, 0.1) is 5.82 Å². The van der Waals surface area contributed by atoms with E-state index in [0.29, 0.717) is 23.3 Å². The van der Waals surface area contributed by atoms with Crippen molar-refractivity contribution in [1.29, 1.82) is 0 Å². The molecule has 0 aliphatic rings. The van der Waals surface area contributed by atoms with Crippen LogP contribution in [-0.2, 0) is 32.3 Å². The van der Waals surface area contributed by atoms with E-state index in [-0.39, 0.29) is 17.0 Å². The molecule has 0 unspecified atom stereocenters. The second kappa shape index (κ2) is 12.9. The molecular formula is C28H29F4N3O4S. The molecule has 0 aromatic heterocycles. The second-order valence-corrected chi connectivity index (χ2v) is 10.8. The van der Waals surface area contributed by atoms with E-state index in [1.807, 2.05) is 6.92 Å². The highest BCUT2D eigenvalue weighted by Crippen LogP contribution is 2.33. The van der Waals surface area contributed by atoms with Gasteiger partial charge in [-0.05, 0) is 49.7 Å². The van der Waals surface area contributed by atoms with Crippen LogP contribution in [-0.4, -0.2) is 44.3 Å². The maximum atomic E-state index is 14.5. The van der Waals surface area contributed by atoms with Crippen molar-refractivity contribution in [2.75, 3.05) is 17.4 Å². The van der Waals surface area contributed by atoms with Crippen LogP contribution in [0.1, 0.15) is 31.4 Å². The molecule has 0 heterocycles. The van der Waals surface area contributed by atoms with Gasteiger partial charge in [-0.2, -0.15) is 13.2 Å². The van der Waals surface area contributed by atoms with Crippen molar-refractivity contribution >= 4 is 27.5 Å². The zero-order valence-corrected chi connectivity index (χ0v) is 22.7. The maximum absolute atomic E-state index is 14.5. The van der Waals surface area contributed by atoms with Gasteiger partial charge in [-0.15, -0.1) is 0 Å². The number of benzene rings is 3.